The van der Waals surface area contributed by atoms with E-state index in [4.69, 9.17) is 0 Å². The minimum Gasteiger partial charge on any atom is -0.338 e. The number of benzene rings is 1. The Balaban J connectivity index is 1.66. The summed E-state index contributed by atoms with van der Waals surface area (Å²) >= 11 is 0. The van der Waals surface area contributed by atoms with E-state index in [9.17, 15) is 9.59 Å². The van der Waals surface area contributed by atoms with Crippen molar-refractivity contribution in [2.75, 3.05) is 11.9 Å². The Morgan fingerprint density at radius 2 is 1.73 bits per heavy atom. The van der Waals surface area contributed by atoms with Gasteiger partial charge < -0.3 is 15.5 Å². The van der Waals surface area contributed by atoms with Crippen molar-refractivity contribution in [1.29, 1.82) is 0 Å². The highest BCUT2D eigenvalue weighted by Gasteiger charge is 2.39. The van der Waals surface area contributed by atoms with Gasteiger partial charge in [-0.15, -0.1) is 0 Å². The van der Waals surface area contributed by atoms with Crippen LogP contribution in [0.3, 0.4) is 0 Å². The van der Waals surface area contributed by atoms with E-state index in [0.29, 0.717) is 12.0 Å². The zero-order chi connectivity index (χ0) is 18.5. The van der Waals surface area contributed by atoms with Crippen LogP contribution in [0.5, 0.6) is 0 Å². The van der Waals surface area contributed by atoms with Crippen LogP contribution < -0.4 is 10.6 Å². The Hall–Kier alpha value is -2.04. The maximum absolute atomic E-state index is 13.3. The summed E-state index contributed by atoms with van der Waals surface area (Å²) in [6.07, 6.45) is 7.16. The molecular weight excluding hydrogens is 326 g/mol. The second-order valence-electron chi connectivity index (χ2n) is 7.97. The number of para-hydroxylation sites is 1. The molecule has 3 rings (SSSR count). The third kappa shape index (κ3) is 4.37. The van der Waals surface area contributed by atoms with E-state index in [1.54, 1.807) is 0 Å². The van der Waals surface area contributed by atoms with E-state index in [-0.39, 0.29) is 17.9 Å². The average Bonchev–Trinajstić information content (AvgIpc) is 2.65. The van der Waals surface area contributed by atoms with Gasteiger partial charge >= 0.3 is 6.03 Å². The van der Waals surface area contributed by atoms with Crippen molar-refractivity contribution >= 4 is 17.6 Å². The summed E-state index contributed by atoms with van der Waals surface area (Å²) in [5.41, 5.74) is 0.727. The molecule has 1 saturated heterocycles. The molecule has 5 nitrogen and oxygen atoms in total. The number of nitrogens with one attached hydrogen (secondary N) is 2. The molecule has 1 saturated carbocycles. The summed E-state index contributed by atoms with van der Waals surface area (Å²) in [7, 11) is 0. The minimum absolute atomic E-state index is 0.0491. The second kappa shape index (κ2) is 8.56. The average molecular weight is 357 g/mol. The Bertz CT molecular complexity index is 615. The molecule has 3 amide bonds. The van der Waals surface area contributed by atoms with E-state index >= 15 is 0 Å². The summed E-state index contributed by atoms with van der Waals surface area (Å²) in [5.74, 6) is 0.778. The Labute approximate surface area is 156 Å². The lowest BCUT2D eigenvalue weighted by Gasteiger charge is -2.45. The predicted molar refractivity (Wildman–Crippen MR) is 104 cm³/mol. The van der Waals surface area contributed by atoms with Gasteiger partial charge in [0, 0.05) is 18.3 Å². The number of anilines is 1. The maximum Gasteiger partial charge on any atom is 0.319 e. The fourth-order valence-corrected chi connectivity index (χ4v) is 4.42. The number of urea groups is 1. The van der Waals surface area contributed by atoms with Crippen LogP contribution in [0.4, 0.5) is 10.5 Å². The Morgan fingerprint density at radius 1 is 1.04 bits per heavy atom. The zero-order valence-electron chi connectivity index (χ0n) is 15.9. The number of amides is 3. The molecule has 1 aromatic rings. The van der Waals surface area contributed by atoms with Gasteiger partial charge in [0.2, 0.25) is 5.91 Å². The van der Waals surface area contributed by atoms with E-state index in [1.165, 1.54) is 25.7 Å². The number of carbonyl (C=O) groups is 2. The van der Waals surface area contributed by atoms with Crippen LogP contribution in [0.15, 0.2) is 30.3 Å². The van der Waals surface area contributed by atoms with Crippen LogP contribution in [0.25, 0.3) is 0 Å². The molecule has 0 unspecified atom stereocenters. The van der Waals surface area contributed by atoms with Crippen molar-refractivity contribution in [2.45, 2.75) is 64.5 Å². The van der Waals surface area contributed by atoms with Gasteiger partial charge in [-0.2, -0.15) is 0 Å². The maximum atomic E-state index is 13.3. The lowest BCUT2D eigenvalue weighted by Crippen LogP contribution is -2.58. The molecule has 0 bridgehead atoms. The number of rotatable bonds is 4. The number of hydrogen-bond donors (Lipinski definition) is 2. The van der Waals surface area contributed by atoms with E-state index in [0.717, 1.165) is 25.1 Å². The van der Waals surface area contributed by atoms with Crippen LogP contribution in [-0.2, 0) is 4.79 Å². The largest absolute Gasteiger partial charge is 0.338 e. The van der Waals surface area contributed by atoms with Gasteiger partial charge in [0.15, 0.2) is 0 Å². The first-order chi connectivity index (χ1) is 12.6. The SMILES string of the molecule is CC(C)[C@H](NC(=O)Nc1ccccc1)C(=O)N1CCC[C@H]2CCCC[C@@H]21. The fraction of sp³-hybridized carbons (Fsp3) is 0.619. The molecule has 5 heteroatoms. The van der Waals surface area contributed by atoms with Crippen LogP contribution in [0.2, 0.25) is 0 Å². The van der Waals surface area contributed by atoms with Crippen molar-refractivity contribution < 1.29 is 9.59 Å². The van der Waals surface area contributed by atoms with Crippen molar-refractivity contribution in [3.05, 3.63) is 30.3 Å². The highest BCUT2D eigenvalue weighted by atomic mass is 16.2. The number of fused-ring (bicyclic) bond motifs is 1. The molecule has 0 aromatic heterocycles. The predicted octanol–water partition coefficient (Wildman–Crippen LogP) is 4.01. The summed E-state index contributed by atoms with van der Waals surface area (Å²) in [6, 6.07) is 8.88. The van der Waals surface area contributed by atoms with E-state index in [2.05, 4.69) is 15.5 Å². The molecule has 1 aliphatic carbocycles. The Kier molecular flexibility index (Phi) is 6.17. The summed E-state index contributed by atoms with van der Waals surface area (Å²) in [6.45, 7) is 4.81. The molecule has 1 aromatic carbocycles. The van der Waals surface area contributed by atoms with Crippen LogP contribution in [0, 0.1) is 11.8 Å². The molecule has 0 radical (unpaired) electrons. The first-order valence-electron chi connectivity index (χ1n) is 9.99. The van der Waals surface area contributed by atoms with Crippen LogP contribution in [-0.4, -0.2) is 35.5 Å². The molecule has 3 atom stereocenters. The van der Waals surface area contributed by atoms with E-state index < -0.39 is 6.04 Å². The second-order valence-corrected chi connectivity index (χ2v) is 7.97. The standard InChI is InChI=1S/C21H31N3O2/c1-15(2)19(23-21(26)22-17-11-4-3-5-12-17)20(25)24-14-8-10-16-9-6-7-13-18(16)24/h3-5,11-12,15-16,18-19H,6-10,13-14H2,1-2H3,(H2,22,23,26)/t16-,18+,19+/m1/s1. The molecule has 1 heterocycles. The Morgan fingerprint density at radius 3 is 2.46 bits per heavy atom. The van der Waals surface area contributed by atoms with Crippen molar-refractivity contribution in [3.8, 4) is 0 Å². The van der Waals surface area contributed by atoms with Crippen molar-refractivity contribution in [3.63, 3.8) is 0 Å². The minimum atomic E-state index is -0.487. The molecule has 0 spiro atoms. The first kappa shape index (κ1) is 18.7. The third-order valence-corrected chi connectivity index (χ3v) is 5.78. The smallest absolute Gasteiger partial charge is 0.319 e. The molecule has 26 heavy (non-hydrogen) atoms. The van der Waals surface area contributed by atoms with Crippen molar-refractivity contribution in [2.24, 2.45) is 11.8 Å². The van der Waals surface area contributed by atoms with Crippen LogP contribution in [0.1, 0.15) is 52.4 Å². The van der Waals surface area contributed by atoms with Gasteiger partial charge in [-0.05, 0) is 49.7 Å². The third-order valence-electron chi connectivity index (χ3n) is 5.78. The normalized spacial score (nSPS) is 23.9. The summed E-state index contributed by atoms with van der Waals surface area (Å²) in [5, 5.41) is 5.74. The molecule has 2 aliphatic rings. The summed E-state index contributed by atoms with van der Waals surface area (Å²) in [4.78, 5) is 27.7. The van der Waals surface area contributed by atoms with Gasteiger partial charge in [0.1, 0.15) is 6.04 Å². The van der Waals surface area contributed by atoms with Gasteiger partial charge in [0.05, 0.1) is 0 Å². The fourth-order valence-electron chi connectivity index (χ4n) is 4.42. The number of likely N-dealkylation sites (tertiary alicyclic amines) is 1. The van der Waals surface area contributed by atoms with Gasteiger partial charge in [0.25, 0.3) is 0 Å². The molecule has 142 valence electrons. The quantitative estimate of drug-likeness (QED) is 0.855. The zero-order valence-corrected chi connectivity index (χ0v) is 15.9. The number of piperidine rings is 1. The highest BCUT2D eigenvalue weighted by molar-refractivity contribution is 5.94. The van der Waals surface area contributed by atoms with Gasteiger partial charge in [-0.1, -0.05) is 44.9 Å². The van der Waals surface area contributed by atoms with Crippen molar-refractivity contribution in [1.82, 2.24) is 10.2 Å². The van der Waals surface area contributed by atoms with E-state index in [1.807, 2.05) is 44.2 Å². The first-order valence-corrected chi connectivity index (χ1v) is 9.99. The molecule has 2 N–H and O–H groups in total. The lowest BCUT2D eigenvalue weighted by atomic mass is 9.78. The molecule has 1 aliphatic heterocycles. The topological polar surface area (TPSA) is 61.4 Å². The highest BCUT2D eigenvalue weighted by Crippen LogP contribution is 2.35. The van der Waals surface area contributed by atoms with Crippen LogP contribution >= 0.6 is 0 Å². The van der Waals surface area contributed by atoms with Gasteiger partial charge in [-0.3, -0.25) is 4.79 Å². The number of hydrogen-bond acceptors (Lipinski definition) is 2. The molecule has 2 fully saturated rings. The number of carbonyl (C=O) groups excluding carboxylic acids is 2. The molecular formula is C21H31N3O2. The number of nitrogens with zero attached hydrogens (tertiary/aromatic N) is 1. The lowest BCUT2D eigenvalue weighted by molar-refractivity contribution is -0.140. The van der Waals surface area contributed by atoms with Gasteiger partial charge in [-0.25, -0.2) is 4.79 Å². The summed E-state index contributed by atoms with van der Waals surface area (Å²) < 4.78 is 0. The monoisotopic (exact) mass is 357 g/mol.